The van der Waals surface area contributed by atoms with E-state index in [2.05, 4.69) is 149 Å². The van der Waals surface area contributed by atoms with Gasteiger partial charge in [0.15, 0.2) is 0 Å². The van der Waals surface area contributed by atoms with E-state index in [4.69, 9.17) is 0 Å². The van der Waals surface area contributed by atoms with Crippen LogP contribution in [0.5, 0.6) is 0 Å². The van der Waals surface area contributed by atoms with Gasteiger partial charge in [-0.05, 0) is 89.9 Å². The Hall–Kier alpha value is -0.780. The highest BCUT2D eigenvalue weighted by molar-refractivity contribution is 5.22. The molecule has 2 rings (SSSR count). The van der Waals surface area contributed by atoms with E-state index in [1.54, 1.807) is 0 Å². The quantitative estimate of drug-likeness (QED) is 0.336. The Kier molecular flexibility index (Phi) is 19.4. The summed E-state index contributed by atoms with van der Waals surface area (Å²) in [6, 6.07) is 8.81. The van der Waals surface area contributed by atoms with Crippen LogP contribution in [0, 0.1) is 45.8 Å². The average molecular weight is 573 g/mol. The van der Waals surface area contributed by atoms with E-state index in [0.29, 0.717) is 27.1 Å². The van der Waals surface area contributed by atoms with Crippen LogP contribution in [0.15, 0.2) is 24.3 Å². The van der Waals surface area contributed by atoms with Crippen LogP contribution in [0.1, 0.15) is 187 Å². The van der Waals surface area contributed by atoms with Crippen molar-refractivity contribution < 1.29 is 0 Å². The van der Waals surface area contributed by atoms with Crippen LogP contribution < -0.4 is 0 Å². The zero-order valence-corrected chi connectivity index (χ0v) is 32.0. The number of benzene rings is 1. The Morgan fingerprint density at radius 1 is 0.561 bits per heavy atom. The van der Waals surface area contributed by atoms with Crippen molar-refractivity contribution in [1.29, 1.82) is 0 Å². The van der Waals surface area contributed by atoms with Gasteiger partial charge in [-0.3, -0.25) is 0 Å². The molecular formula is C41H80. The predicted octanol–water partition coefficient (Wildman–Crippen LogP) is 14.5. The summed E-state index contributed by atoms with van der Waals surface area (Å²) in [5.41, 5.74) is 5.29. The smallest absolute Gasteiger partial charge is 0.0230 e. The Labute approximate surface area is 262 Å². The maximum absolute atomic E-state index is 2.38. The van der Waals surface area contributed by atoms with Gasteiger partial charge in [-0.15, -0.1) is 0 Å². The monoisotopic (exact) mass is 573 g/mol. The molecule has 1 aliphatic rings. The molecule has 0 saturated heterocycles. The van der Waals surface area contributed by atoms with Crippen LogP contribution in [0.3, 0.4) is 0 Å². The first-order chi connectivity index (χ1) is 18.2. The van der Waals surface area contributed by atoms with Crippen molar-refractivity contribution in [2.45, 2.75) is 189 Å². The van der Waals surface area contributed by atoms with Crippen LogP contribution in [-0.4, -0.2) is 0 Å². The Bertz CT molecular complexity index is 721. The highest BCUT2D eigenvalue weighted by atomic mass is 14.3. The molecule has 1 aromatic rings. The van der Waals surface area contributed by atoms with Crippen LogP contribution in [-0.2, 0) is 6.42 Å². The lowest BCUT2D eigenvalue weighted by Gasteiger charge is -2.33. The van der Waals surface area contributed by atoms with Crippen LogP contribution >= 0.6 is 0 Å². The fourth-order valence-corrected chi connectivity index (χ4v) is 4.76. The molecule has 0 nitrogen and oxygen atoms in total. The third kappa shape index (κ3) is 32.0. The lowest BCUT2D eigenvalue weighted by Crippen LogP contribution is -2.22. The molecule has 0 radical (unpaired) electrons. The van der Waals surface area contributed by atoms with Gasteiger partial charge in [0.2, 0.25) is 0 Å². The summed E-state index contributed by atoms with van der Waals surface area (Å²) in [6.07, 6.45) is 13.9. The standard InChI is InChI=1S/C12H18.C10H20.C10H22.C9H20/c1-10-5-7-11(8-6-10)9-12(2,3)4;1-10(2,3)9-7-5-4-6-8-9;1-9(2,3)7-8-10(4,5)6;1-8(2)6-7-9(3,4)5/h5-8H,9H2,1-4H3;9H,4-8H2,1-3H3;7-8H2,1-6H3;8H,6-7H2,1-5H3. The lowest BCUT2D eigenvalue weighted by atomic mass is 9.72. The topological polar surface area (TPSA) is 0 Å². The second kappa shape index (κ2) is 18.8. The molecule has 0 heteroatoms. The molecule has 1 saturated carbocycles. The Balaban J connectivity index is 0. The molecule has 0 atom stereocenters. The average Bonchev–Trinajstić information content (AvgIpc) is 2.77. The van der Waals surface area contributed by atoms with Gasteiger partial charge in [-0.25, -0.2) is 0 Å². The number of rotatable bonds is 4. The van der Waals surface area contributed by atoms with Gasteiger partial charge < -0.3 is 0 Å². The number of hydrogen-bond donors (Lipinski definition) is 0. The van der Waals surface area contributed by atoms with E-state index in [9.17, 15) is 0 Å². The highest BCUT2D eigenvalue weighted by Gasteiger charge is 2.25. The summed E-state index contributed by atoms with van der Waals surface area (Å²) in [4.78, 5) is 0. The molecule has 41 heavy (non-hydrogen) atoms. The fraction of sp³-hybridized carbons (Fsp3) is 0.854. The van der Waals surface area contributed by atoms with Crippen LogP contribution in [0.2, 0.25) is 0 Å². The summed E-state index contributed by atoms with van der Waals surface area (Å²) < 4.78 is 0. The molecular weight excluding hydrogens is 492 g/mol. The molecule has 0 heterocycles. The van der Waals surface area contributed by atoms with E-state index in [1.165, 1.54) is 68.9 Å². The van der Waals surface area contributed by atoms with Gasteiger partial charge in [-0.1, -0.05) is 173 Å². The van der Waals surface area contributed by atoms with Gasteiger partial charge in [0, 0.05) is 0 Å². The lowest BCUT2D eigenvalue weighted by molar-refractivity contribution is 0.180. The fourth-order valence-electron chi connectivity index (χ4n) is 4.76. The minimum atomic E-state index is 0.398. The van der Waals surface area contributed by atoms with Gasteiger partial charge >= 0.3 is 0 Å². The summed E-state index contributed by atoms with van der Waals surface area (Å²) in [6.45, 7) is 41.4. The second-order valence-electron chi connectivity index (χ2n) is 19.5. The molecule has 1 aliphatic carbocycles. The summed E-state index contributed by atoms with van der Waals surface area (Å²) in [5, 5.41) is 0. The minimum Gasteiger partial charge on any atom is -0.0628 e. The van der Waals surface area contributed by atoms with E-state index in [1.807, 2.05) is 0 Å². The molecule has 0 amide bonds. The van der Waals surface area contributed by atoms with E-state index in [-0.39, 0.29) is 0 Å². The first-order valence-corrected chi connectivity index (χ1v) is 17.3. The van der Waals surface area contributed by atoms with Gasteiger partial charge in [0.05, 0.1) is 0 Å². The molecule has 1 fully saturated rings. The molecule has 0 aliphatic heterocycles. The van der Waals surface area contributed by atoms with Crippen molar-refractivity contribution in [2.24, 2.45) is 38.9 Å². The van der Waals surface area contributed by atoms with Crippen LogP contribution in [0.25, 0.3) is 0 Å². The molecule has 0 N–H and O–H groups in total. The predicted molar refractivity (Wildman–Crippen MR) is 192 cm³/mol. The summed E-state index contributed by atoms with van der Waals surface area (Å²) in [5.74, 6) is 1.87. The third-order valence-corrected chi connectivity index (χ3v) is 7.78. The van der Waals surface area contributed by atoms with Gasteiger partial charge in [0.1, 0.15) is 0 Å². The third-order valence-electron chi connectivity index (χ3n) is 7.78. The van der Waals surface area contributed by atoms with Gasteiger partial charge in [-0.2, -0.15) is 0 Å². The van der Waals surface area contributed by atoms with E-state index < -0.39 is 0 Å². The summed E-state index contributed by atoms with van der Waals surface area (Å²) >= 11 is 0. The van der Waals surface area contributed by atoms with Crippen molar-refractivity contribution in [3.63, 3.8) is 0 Å². The molecule has 0 bridgehead atoms. The largest absolute Gasteiger partial charge is 0.0628 e. The zero-order valence-electron chi connectivity index (χ0n) is 32.0. The van der Waals surface area contributed by atoms with E-state index in [0.717, 1.165) is 18.3 Å². The van der Waals surface area contributed by atoms with Crippen molar-refractivity contribution in [3.8, 4) is 0 Å². The van der Waals surface area contributed by atoms with E-state index >= 15 is 0 Å². The SMILES string of the molecule is CC(C)(C)C1CCCCC1.CC(C)(C)CCC(C)(C)C.CC(C)CCC(C)(C)C.Cc1ccc(CC(C)(C)C)cc1. The highest BCUT2D eigenvalue weighted by Crippen LogP contribution is 2.37. The normalized spacial score (nSPS) is 15.2. The molecule has 0 aromatic heterocycles. The molecule has 244 valence electrons. The van der Waals surface area contributed by atoms with Crippen molar-refractivity contribution >= 4 is 0 Å². The first-order valence-electron chi connectivity index (χ1n) is 17.3. The minimum absolute atomic E-state index is 0.398. The molecule has 0 unspecified atom stereocenters. The number of aryl methyl sites for hydroxylation is 1. The second-order valence-corrected chi connectivity index (χ2v) is 19.5. The number of hydrogen-bond acceptors (Lipinski definition) is 0. The molecule has 1 aromatic carbocycles. The van der Waals surface area contributed by atoms with Crippen molar-refractivity contribution in [1.82, 2.24) is 0 Å². The maximum atomic E-state index is 2.38. The Morgan fingerprint density at radius 3 is 1.20 bits per heavy atom. The van der Waals surface area contributed by atoms with Crippen molar-refractivity contribution in [2.75, 3.05) is 0 Å². The maximum Gasteiger partial charge on any atom is -0.0230 e. The van der Waals surface area contributed by atoms with Crippen molar-refractivity contribution in [3.05, 3.63) is 35.4 Å². The van der Waals surface area contributed by atoms with Crippen LogP contribution in [0.4, 0.5) is 0 Å². The summed E-state index contributed by atoms with van der Waals surface area (Å²) in [7, 11) is 0. The Morgan fingerprint density at radius 2 is 0.951 bits per heavy atom. The molecule has 0 spiro atoms. The first kappa shape index (κ1) is 42.4. The van der Waals surface area contributed by atoms with Gasteiger partial charge in [0.25, 0.3) is 0 Å². The zero-order chi connectivity index (χ0) is 32.7.